The third kappa shape index (κ3) is 2.82. The van der Waals surface area contributed by atoms with Gasteiger partial charge < -0.3 is 9.30 Å². The Balaban J connectivity index is 2.09. The molecule has 22 heavy (non-hydrogen) atoms. The molecule has 1 heterocycles. The predicted molar refractivity (Wildman–Crippen MR) is 76.8 cm³/mol. The molecule has 0 aliphatic heterocycles. The maximum Gasteiger partial charge on any atom is 0.409 e. The lowest BCUT2D eigenvalue weighted by Gasteiger charge is -2.23. The van der Waals surface area contributed by atoms with E-state index in [0.29, 0.717) is 35.7 Å². The number of hydrogen-bond donors (Lipinski definition) is 0. The van der Waals surface area contributed by atoms with Crippen molar-refractivity contribution in [3.05, 3.63) is 36.2 Å². The van der Waals surface area contributed by atoms with Crippen LogP contribution in [0.2, 0.25) is 0 Å². The molecule has 0 saturated heterocycles. The van der Waals surface area contributed by atoms with Gasteiger partial charge in [-0.2, -0.15) is 13.2 Å². The highest BCUT2D eigenvalue weighted by molar-refractivity contribution is 5.59. The first-order valence-corrected chi connectivity index (χ1v) is 7.17. The topological polar surface area (TPSA) is 27.1 Å². The maximum absolute atomic E-state index is 13.5. The van der Waals surface area contributed by atoms with Crippen LogP contribution in [0, 0.1) is 12.8 Å². The Hall–Kier alpha value is -1.98. The van der Waals surface area contributed by atoms with Gasteiger partial charge >= 0.3 is 6.18 Å². The molecule has 2 aromatic rings. The van der Waals surface area contributed by atoms with Crippen LogP contribution in [0.4, 0.5) is 13.2 Å². The number of halogens is 3. The summed E-state index contributed by atoms with van der Waals surface area (Å²) in [5.41, 5.74) is 1.20. The molecule has 0 amide bonds. The largest absolute Gasteiger partial charge is 0.497 e. The highest BCUT2D eigenvalue weighted by Gasteiger charge is 2.50. The van der Waals surface area contributed by atoms with Crippen molar-refractivity contribution in [1.82, 2.24) is 9.55 Å². The van der Waals surface area contributed by atoms with Crippen molar-refractivity contribution in [2.45, 2.75) is 32.0 Å². The number of aromatic nitrogens is 2. The number of alkyl halides is 3. The third-order valence-electron chi connectivity index (χ3n) is 3.88. The molecule has 1 aromatic carbocycles. The minimum Gasteiger partial charge on any atom is -0.497 e. The van der Waals surface area contributed by atoms with E-state index >= 15 is 0 Å². The summed E-state index contributed by atoms with van der Waals surface area (Å²) in [6, 6.07) is 5.46. The van der Waals surface area contributed by atoms with Gasteiger partial charge in [0.25, 0.3) is 0 Å². The van der Waals surface area contributed by atoms with Crippen molar-refractivity contribution in [3.63, 3.8) is 0 Å². The van der Waals surface area contributed by atoms with Gasteiger partial charge in [0.05, 0.1) is 12.8 Å². The molecule has 1 aliphatic rings. The molecule has 1 saturated carbocycles. The number of imidazole rings is 1. The molecule has 0 radical (unpaired) electrons. The van der Waals surface area contributed by atoms with E-state index in [-0.39, 0.29) is 5.92 Å². The second-order valence-corrected chi connectivity index (χ2v) is 5.67. The van der Waals surface area contributed by atoms with Gasteiger partial charge in [0.1, 0.15) is 17.6 Å². The van der Waals surface area contributed by atoms with Crippen molar-refractivity contribution < 1.29 is 17.9 Å². The van der Waals surface area contributed by atoms with Crippen LogP contribution in [0.1, 0.15) is 24.6 Å². The molecule has 3 nitrogen and oxygen atoms in total. The standard InChI is InChI=1S/C16H17F3N2O/c1-10-9-21(14(11-6-7-11)16(17,18)19)15(20-10)12-4-3-5-13(8-12)22-2/h3-5,8-9,11,14H,6-7H2,1-2H3. The van der Waals surface area contributed by atoms with Gasteiger partial charge in [0, 0.05) is 11.8 Å². The fourth-order valence-corrected chi connectivity index (χ4v) is 2.77. The first-order valence-electron chi connectivity index (χ1n) is 7.17. The van der Waals surface area contributed by atoms with Crippen molar-refractivity contribution in [2.24, 2.45) is 5.92 Å². The van der Waals surface area contributed by atoms with Gasteiger partial charge in [0.2, 0.25) is 0 Å². The second-order valence-electron chi connectivity index (χ2n) is 5.67. The molecule has 0 N–H and O–H groups in total. The Bertz CT molecular complexity index is 674. The number of benzene rings is 1. The van der Waals surface area contributed by atoms with Crippen molar-refractivity contribution in [3.8, 4) is 17.1 Å². The van der Waals surface area contributed by atoms with Gasteiger partial charge in [-0.15, -0.1) is 0 Å². The molecule has 0 bridgehead atoms. The molecule has 1 aliphatic carbocycles. The molecular formula is C16H17F3N2O. The summed E-state index contributed by atoms with van der Waals surface area (Å²) >= 11 is 0. The average molecular weight is 310 g/mol. The summed E-state index contributed by atoms with van der Waals surface area (Å²) in [4.78, 5) is 4.31. The zero-order valence-corrected chi connectivity index (χ0v) is 12.4. The lowest BCUT2D eigenvalue weighted by atomic mass is 10.1. The van der Waals surface area contributed by atoms with E-state index in [9.17, 15) is 13.2 Å². The highest BCUT2D eigenvalue weighted by atomic mass is 19.4. The van der Waals surface area contributed by atoms with Crippen LogP contribution in [0.25, 0.3) is 11.4 Å². The van der Waals surface area contributed by atoms with Gasteiger partial charge in [-0.1, -0.05) is 12.1 Å². The maximum atomic E-state index is 13.5. The zero-order valence-electron chi connectivity index (χ0n) is 12.4. The molecule has 1 unspecified atom stereocenters. The number of ether oxygens (including phenoxy) is 1. The number of nitrogens with zero attached hydrogens (tertiary/aromatic N) is 2. The fourth-order valence-electron chi connectivity index (χ4n) is 2.77. The molecular weight excluding hydrogens is 293 g/mol. The Morgan fingerprint density at radius 1 is 1.32 bits per heavy atom. The second kappa shape index (κ2) is 5.34. The molecule has 118 valence electrons. The third-order valence-corrected chi connectivity index (χ3v) is 3.88. The Kier molecular flexibility index (Phi) is 3.62. The minimum atomic E-state index is -4.28. The van der Waals surface area contributed by atoms with Gasteiger partial charge in [-0.3, -0.25) is 0 Å². The summed E-state index contributed by atoms with van der Waals surface area (Å²) in [5, 5.41) is 0. The molecule has 1 fully saturated rings. The van der Waals surface area contributed by atoms with Crippen LogP contribution in [0.3, 0.4) is 0 Å². The molecule has 3 rings (SSSR count). The van der Waals surface area contributed by atoms with Crippen LogP contribution in [0.5, 0.6) is 5.75 Å². The summed E-state index contributed by atoms with van der Waals surface area (Å²) in [6.45, 7) is 1.71. The number of rotatable bonds is 4. The van der Waals surface area contributed by atoms with Crippen molar-refractivity contribution in [1.29, 1.82) is 0 Å². The normalized spacial score (nSPS) is 16.6. The lowest BCUT2D eigenvalue weighted by molar-refractivity contribution is -0.172. The summed E-state index contributed by atoms with van der Waals surface area (Å²) < 4.78 is 46.9. The Morgan fingerprint density at radius 2 is 2.05 bits per heavy atom. The van der Waals surface area contributed by atoms with E-state index in [1.54, 1.807) is 31.2 Å². The number of hydrogen-bond acceptors (Lipinski definition) is 2. The highest BCUT2D eigenvalue weighted by Crippen LogP contribution is 2.49. The van der Waals surface area contributed by atoms with Crippen LogP contribution >= 0.6 is 0 Å². The smallest absolute Gasteiger partial charge is 0.409 e. The first-order chi connectivity index (χ1) is 10.4. The quantitative estimate of drug-likeness (QED) is 0.838. The van der Waals surface area contributed by atoms with Crippen LogP contribution < -0.4 is 4.74 Å². The monoisotopic (exact) mass is 310 g/mol. The van der Waals surface area contributed by atoms with E-state index in [0.717, 1.165) is 0 Å². The minimum absolute atomic E-state index is 0.339. The summed E-state index contributed by atoms with van der Waals surface area (Å²) in [6.07, 6.45) is -1.56. The predicted octanol–water partition coefficient (Wildman–Crippen LogP) is 4.38. The van der Waals surface area contributed by atoms with Gasteiger partial charge in [0.15, 0.2) is 0 Å². The molecule has 1 atom stereocenters. The zero-order chi connectivity index (χ0) is 15.9. The van der Waals surface area contributed by atoms with E-state index < -0.39 is 12.2 Å². The van der Waals surface area contributed by atoms with Crippen LogP contribution in [0.15, 0.2) is 30.5 Å². The van der Waals surface area contributed by atoms with Crippen LogP contribution in [-0.2, 0) is 0 Å². The molecule has 0 spiro atoms. The fraction of sp³-hybridized carbons (Fsp3) is 0.438. The number of methoxy groups -OCH3 is 1. The molecule has 1 aromatic heterocycles. The summed E-state index contributed by atoms with van der Waals surface area (Å²) in [7, 11) is 1.53. The lowest BCUT2D eigenvalue weighted by Crippen LogP contribution is -2.28. The number of aryl methyl sites for hydroxylation is 1. The molecule has 6 heteroatoms. The van der Waals surface area contributed by atoms with Gasteiger partial charge in [-0.25, -0.2) is 4.98 Å². The van der Waals surface area contributed by atoms with E-state index in [1.807, 2.05) is 0 Å². The summed E-state index contributed by atoms with van der Waals surface area (Å²) in [5.74, 6) is 0.586. The first kappa shape index (κ1) is 14.9. The Morgan fingerprint density at radius 3 is 2.64 bits per heavy atom. The van der Waals surface area contributed by atoms with Crippen molar-refractivity contribution >= 4 is 0 Å². The Labute approximate surface area is 126 Å². The van der Waals surface area contributed by atoms with E-state index in [2.05, 4.69) is 4.98 Å². The van der Waals surface area contributed by atoms with Crippen molar-refractivity contribution in [2.75, 3.05) is 7.11 Å². The average Bonchev–Trinajstić information content (AvgIpc) is 3.20. The van der Waals surface area contributed by atoms with E-state index in [4.69, 9.17) is 4.74 Å². The van der Waals surface area contributed by atoms with Crippen LogP contribution in [-0.4, -0.2) is 22.8 Å². The SMILES string of the molecule is COc1cccc(-c2nc(C)cn2C(C2CC2)C(F)(F)F)c1. The van der Waals surface area contributed by atoms with E-state index in [1.165, 1.54) is 17.9 Å². The van der Waals surface area contributed by atoms with Gasteiger partial charge in [-0.05, 0) is 37.8 Å².